The lowest BCUT2D eigenvalue weighted by Gasteiger charge is -2.37. The van der Waals surface area contributed by atoms with E-state index >= 15 is 0 Å². The Labute approximate surface area is 200 Å². The first-order chi connectivity index (χ1) is 16.9. The van der Waals surface area contributed by atoms with Crippen molar-refractivity contribution in [1.29, 1.82) is 0 Å². The van der Waals surface area contributed by atoms with Crippen LogP contribution in [0.25, 0.3) is 0 Å². The number of hydrogen-bond donors (Lipinski definition) is 1. The van der Waals surface area contributed by atoms with E-state index in [1.54, 1.807) is 13.0 Å². The van der Waals surface area contributed by atoms with E-state index in [1.165, 1.54) is 12.1 Å². The van der Waals surface area contributed by atoms with Gasteiger partial charge in [-0.2, -0.15) is 0 Å². The van der Waals surface area contributed by atoms with Gasteiger partial charge in [0.2, 0.25) is 0 Å². The number of hydrogen-bond acceptors (Lipinski definition) is 7. The van der Waals surface area contributed by atoms with Crippen LogP contribution in [0.1, 0.15) is 30.2 Å². The van der Waals surface area contributed by atoms with Gasteiger partial charge in [-0.05, 0) is 43.0 Å². The molecule has 3 aliphatic rings. The van der Waals surface area contributed by atoms with Crippen molar-refractivity contribution in [3.63, 3.8) is 0 Å². The van der Waals surface area contributed by atoms with E-state index < -0.39 is 23.1 Å². The van der Waals surface area contributed by atoms with Gasteiger partial charge in [-0.15, -0.1) is 0 Å². The number of rotatable bonds is 5. The molecule has 3 heterocycles. The molecule has 1 atom stereocenters. The van der Waals surface area contributed by atoms with Crippen LogP contribution in [0.2, 0.25) is 0 Å². The molecule has 2 aromatic rings. The van der Waals surface area contributed by atoms with Crippen molar-refractivity contribution in [3.05, 3.63) is 76.0 Å². The standard InChI is InChI=1S/C25H25F3N4O3/c1-2-35-24(33)21-20(14-32-7-9-34-10-8-32)30-23(22-19(28)12-17(27)13-29-22)31-25(21)6-5-15-11-16(26)3-4-18(15)25/h3-4,11-13H,2,5-10,14H2,1H3,(H,30,31). The van der Waals surface area contributed by atoms with Crippen molar-refractivity contribution >= 4 is 11.8 Å². The molecule has 10 heteroatoms. The maximum absolute atomic E-state index is 14.8. The molecule has 1 aromatic heterocycles. The Morgan fingerprint density at radius 1 is 1.20 bits per heavy atom. The van der Waals surface area contributed by atoms with Crippen LogP contribution in [0.3, 0.4) is 0 Å². The van der Waals surface area contributed by atoms with Gasteiger partial charge in [-0.3, -0.25) is 4.90 Å². The molecule has 1 unspecified atom stereocenters. The van der Waals surface area contributed by atoms with Gasteiger partial charge in [0.25, 0.3) is 0 Å². The molecule has 1 spiro atoms. The van der Waals surface area contributed by atoms with Crippen molar-refractivity contribution in [2.45, 2.75) is 25.3 Å². The van der Waals surface area contributed by atoms with E-state index in [4.69, 9.17) is 14.5 Å². The van der Waals surface area contributed by atoms with Crippen LogP contribution in [-0.4, -0.2) is 61.1 Å². The molecule has 1 N–H and O–H groups in total. The Morgan fingerprint density at radius 2 is 2.00 bits per heavy atom. The van der Waals surface area contributed by atoms with Gasteiger partial charge in [0.15, 0.2) is 11.7 Å². The Balaban J connectivity index is 1.70. The number of carbonyl (C=O) groups excluding carboxylic acids is 1. The number of nitrogens with one attached hydrogen (secondary N) is 1. The van der Waals surface area contributed by atoms with Crippen LogP contribution in [0.15, 0.2) is 46.7 Å². The number of aryl methyl sites for hydroxylation is 1. The summed E-state index contributed by atoms with van der Waals surface area (Å²) in [5.41, 5.74) is 0.794. The SMILES string of the molecule is CCOC(=O)C1=C(CN2CCOCC2)NC(c2ncc(F)cc2F)=NC12CCc1cc(F)ccc12. The maximum Gasteiger partial charge on any atom is 0.338 e. The van der Waals surface area contributed by atoms with E-state index in [0.717, 1.165) is 17.8 Å². The van der Waals surface area contributed by atoms with Crippen LogP contribution >= 0.6 is 0 Å². The second-order valence-corrected chi connectivity index (χ2v) is 8.69. The molecule has 5 rings (SSSR count). The molecule has 184 valence electrons. The van der Waals surface area contributed by atoms with Gasteiger partial charge >= 0.3 is 5.97 Å². The van der Waals surface area contributed by atoms with Crippen molar-refractivity contribution < 1.29 is 27.4 Å². The molecule has 7 nitrogen and oxygen atoms in total. The Bertz CT molecular complexity index is 1230. The third-order valence-electron chi connectivity index (χ3n) is 6.55. The van der Waals surface area contributed by atoms with E-state index in [-0.39, 0.29) is 24.0 Å². The zero-order valence-corrected chi connectivity index (χ0v) is 19.2. The van der Waals surface area contributed by atoms with Crippen molar-refractivity contribution in [2.24, 2.45) is 4.99 Å². The number of aromatic nitrogens is 1. The first kappa shape index (κ1) is 23.5. The Kier molecular flexibility index (Phi) is 6.33. The normalized spacial score (nSPS) is 22.1. The molecular formula is C25H25F3N4O3. The van der Waals surface area contributed by atoms with Gasteiger partial charge < -0.3 is 14.8 Å². The number of morpholine rings is 1. The molecule has 35 heavy (non-hydrogen) atoms. The largest absolute Gasteiger partial charge is 0.463 e. The zero-order valence-electron chi connectivity index (χ0n) is 19.2. The number of halogens is 3. The van der Waals surface area contributed by atoms with Crippen LogP contribution in [0, 0.1) is 17.5 Å². The highest BCUT2D eigenvalue weighted by Crippen LogP contribution is 2.48. The molecule has 1 fully saturated rings. The van der Waals surface area contributed by atoms with Crippen LogP contribution < -0.4 is 5.32 Å². The number of amidine groups is 1. The summed E-state index contributed by atoms with van der Waals surface area (Å²) in [6.07, 6.45) is 1.75. The number of nitrogens with zero attached hydrogens (tertiary/aromatic N) is 3. The number of pyridine rings is 1. The van der Waals surface area contributed by atoms with Crippen LogP contribution in [-0.2, 0) is 26.2 Å². The highest BCUT2D eigenvalue weighted by Gasteiger charge is 2.50. The third-order valence-corrected chi connectivity index (χ3v) is 6.55. The summed E-state index contributed by atoms with van der Waals surface area (Å²) in [4.78, 5) is 24.3. The van der Waals surface area contributed by atoms with Crippen molar-refractivity contribution in [1.82, 2.24) is 15.2 Å². The van der Waals surface area contributed by atoms with E-state index in [0.29, 0.717) is 62.5 Å². The lowest BCUT2D eigenvalue weighted by atomic mass is 9.81. The number of fused-ring (bicyclic) bond motifs is 2. The second-order valence-electron chi connectivity index (χ2n) is 8.69. The second kappa shape index (κ2) is 9.43. The fourth-order valence-corrected chi connectivity index (χ4v) is 5.03. The number of benzene rings is 1. The molecule has 0 amide bonds. The maximum atomic E-state index is 14.8. The Morgan fingerprint density at radius 3 is 2.74 bits per heavy atom. The van der Waals surface area contributed by atoms with E-state index in [2.05, 4.69) is 15.2 Å². The average molecular weight is 486 g/mol. The third kappa shape index (κ3) is 4.32. The van der Waals surface area contributed by atoms with Crippen LogP contribution in [0.4, 0.5) is 13.2 Å². The zero-order chi connectivity index (χ0) is 24.6. The number of carbonyl (C=O) groups is 1. The predicted octanol–water partition coefficient (Wildman–Crippen LogP) is 2.84. The summed E-state index contributed by atoms with van der Waals surface area (Å²) in [6, 6.07) is 5.11. The van der Waals surface area contributed by atoms with Crippen LogP contribution in [0.5, 0.6) is 0 Å². The fraction of sp³-hybridized carbons (Fsp3) is 0.400. The van der Waals surface area contributed by atoms with Gasteiger partial charge in [0.05, 0.1) is 31.6 Å². The average Bonchev–Trinajstić information content (AvgIpc) is 3.16. The minimum Gasteiger partial charge on any atom is -0.463 e. The first-order valence-corrected chi connectivity index (χ1v) is 11.6. The van der Waals surface area contributed by atoms with Gasteiger partial charge in [0.1, 0.15) is 22.9 Å². The van der Waals surface area contributed by atoms with E-state index in [9.17, 15) is 18.0 Å². The predicted molar refractivity (Wildman–Crippen MR) is 121 cm³/mol. The summed E-state index contributed by atoms with van der Waals surface area (Å²) in [7, 11) is 0. The lowest BCUT2D eigenvalue weighted by Crippen LogP contribution is -2.47. The van der Waals surface area contributed by atoms with Crippen molar-refractivity contribution in [3.8, 4) is 0 Å². The number of ether oxygens (including phenoxy) is 2. The minimum atomic E-state index is -1.22. The monoisotopic (exact) mass is 486 g/mol. The molecule has 0 bridgehead atoms. The summed E-state index contributed by atoms with van der Waals surface area (Å²) in [5.74, 6) is -2.54. The first-order valence-electron chi connectivity index (χ1n) is 11.6. The fourth-order valence-electron chi connectivity index (χ4n) is 5.03. The van der Waals surface area contributed by atoms with Gasteiger partial charge in [0, 0.05) is 31.4 Å². The number of esters is 1. The molecular weight excluding hydrogens is 461 g/mol. The highest BCUT2D eigenvalue weighted by atomic mass is 19.1. The lowest BCUT2D eigenvalue weighted by molar-refractivity contribution is -0.139. The summed E-state index contributed by atoms with van der Waals surface area (Å²) < 4.78 is 53.3. The summed E-state index contributed by atoms with van der Waals surface area (Å²) in [6.45, 7) is 4.58. The van der Waals surface area contributed by atoms with Gasteiger partial charge in [-0.25, -0.2) is 27.9 Å². The molecule has 0 radical (unpaired) electrons. The molecule has 1 aromatic carbocycles. The minimum absolute atomic E-state index is 0.0796. The highest BCUT2D eigenvalue weighted by molar-refractivity contribution is 6.04. The summed E-state index contributed by atoms with van der Waals surface area (Å²) in [5, 5.41) is 3.11. The van der Waals surface area contributed by atoms with Gasteiger partial charge in [-0.1, -0.05) is 6.07 Å². The Hall–Kier alpha value is -3.24. The quantitative estimate of drug-likeness (QED) is 0.656. The number of aliphatic imine (C=N–C) groups is 1. The molecule has 1 saturated heterocycles. The molecule has 1 aliphatic carbocycles. The van der Waals surface area contributed by atoms with E-state index in [1.807, 2.05) is 0 Å². The van der Waals surface area contributed by atoms with Crippen molar-refractivity contribution in [2.75, 3.05) is 39.5 Å². The molecule has 2 aliphatic heterocycles. The molecule has 0 saturated carbocycles. The summed E-state index contributed by atoms with van der Waals surface area (Å²) >= 11 is 0. The topological polar surface area (TPSA) is 76.0 Å². The smallest absolute Gasteiger partial charge is 0.338 e.